The van der Waals surface area contributed by atoms with Crippen molar-refractivity contribution in [3.8, 4) is 11.3 Å². The van der Waals surface area contributed by atoms with E-state index < -0.39 is 5.60 Å². The molecule has 0 radical (unpaired) electrons. The van der Waals surface area contributed by atoms with Crippen molar-refractivity contribution >= 4 is 34.5 Å². The lowest BCUT2D eigenvalue weighted by molar-refractivity contribution is 0.0221. The zero-order chi connectivity index (χ0) is 28.6. The van der Waals surface area contributed by atoms with E-state index in [1.54, 1.807) is 17.3 Å². The highest BCUT2D eigenvalue weighted by Gasteiger charge is 2.29. The summed E-state index contributed by atoms with van der Waals surface area (Å²) in [6, 6.07) is 7.86. The van der Waals surface area contributed by atoms with Crippen LogP contribution in [0.4, 0.5) is 16.3 Å². The summed E-state index contributed by atoms with van der Waals surface area (Å²) in [4.78, 5) is 41.2. The number of hydrogen-bond donors (Lipinski definition) is 2. The number of anilines is 2. The van der Waals surface area contributed by atoms with Crippen LogP contribution in [0.5, 0.6) is 0 Å². The van der Waals surface area contributed by atoms with Gasteiger partial charge in [-0.1, -0.05) is 19.9 Å². The first kappa shape index (κ1) is 27.1. The van der Waals surface area contributed by atoms with Crippen molar-refractivity contribution in [3.63, 3.8) is 0 Å². The molecular formula is C30H35N7O3. The van der Waals surface area contributed by atoms with E-state index in [1.165, 1.54) is 0 Å². The van der Waals surface area contributed by atoms with E-state index in [0.29, 0.717) is 43.1 Å². The van der Waals surface area contributed by atoms with E-state index in [0.717, 1.165) is 39.1 Å². The Morgan fingerprint density at radius 1 is 1.12 bits per heavy atom. The topological polar surface area (TPSA) is 114 Å². The quantitative estimate of drug-likeness (QED) is 0.360. The minimum Gasteiger partial charge on any atom is -0.444 e. The first-order chi connectivity index (χ1) is 19.2. The maximum atomic E-state index is 12.9. The second-order valence-corrected chi connectivity index (χ2v) is 10.7. The normalized spacial score (nSPS) is 14.2. The van der Waals surface area contributed by atoms with Crippen LogP contribution in [-0.4, -0.2) is 48.6 Å². The van der Waals surface area contributed by atoms with E-state index in [4.69, 9.17) is 14.7 Å². The van der Waals surface area contributed by atoms with Crippen molar-refractivity contribution in [3.05, 3.63) is 65.2 Å². The van der Waals surface area contributed by atoms with Gasteiger partial charge in [0.1, 0.15) is 17.1 Å². The average Bonchev–Trinajstić information content (AvgIpc) is 3.52. The van der Waals surface area contributed by atoms with Gasteiger partial charge in [-0.15, -0.1) is 0 Å². The third-order valence-corrected chi connectivity index (χ3v) is 6.83. The number of pyridine rings is 3. The lowest BCUT2D eigenvalue weighted by Gasteiger charge is -2.30. The molecule has 0 aromatic carbocycles. The van der Waals surface area contributed by atoms with E-state index in [-0.39, 0.29) is 12.0 Å². The summed E-state index contributed by atoms with van der Waals surface area (Å²) >= 11 is 0. The number of hydrogen-bond acceptors (Lipinski definition) is 7. The Labute approximate surface area is 233 Å². The van der Waals surface area contributed by atoms with Crippen LogP contribution in [-0.2, 0) is 31.3 Å². The number of amides is 2. The van der Waals surface area contributed by atoms with Crippen LogP contribution in [0.3, 0.4) is 0 Å². The molecule has 2 aliphatic heterocycles. The van der Waals surface area contributed by atoms with Crippen molar-refractivity contribution in [1.29, 1.82) is 0 Å². The molecule has 2 amide bonds. The van der Waals surface area contributed by atoms with E-state index in [9.17, 15) is 9.59 Å². The average molecular weight is 542 g/mol. The summed E-state index contributed by atoms with van der Waals surface area (Å²) in [7, 11) is 1.95. The Kier molecular flexibility index (Phi) is 7.18. The number of nitrogens with zero attached hydrogens (tertiary/aromatic N) is 5. The zero-order valence-corrected chi connectivity index (χ0v) is 23.8. The number of carbonyl (C=O) groups excluding carboxylic acids is 2. The standard InChI is InChI=1S/C28H29N7O3.C2H6/c1-28(2,3)38-27(37)35-12-8-16-5-6-22(33-21(16)15-35)32-20-14-30-24(19-13-31-26(36)23(19)20)17-7-10-29-25-18(17)9-11-34(25)4;1-2/h5-7,9-11,14H,8,12-13,15H2,1-4H3,(H,31,36)(H,32,33);1-2H3. The number of nitrogens with one attached hydrogen (secondary N) is 2. The Bertz CT molecular complexity index is 1600. The monoisotopic (exact) mass is 541 g/mol. The minimum atomic E-state index is -0.559. The van der Waals surface area contributed by atoms with Gasteiger partial charge < -0.3 is 24.8 Å². The maximum absolute atomic E-state index is 12.9. The van der Waals surface area contributed by atoms with Crippen LogP contribution < -0.4 is 10.6 Å². The Hall–Kier alpha value is -4.47. The van der Waals surface area contributed by atoms with Crippen LogP contribution in [0.2, 0.25) is 0 Å². The molecule has 10 nitrogen and oxygen atoms in total. The van der Waals surface area contributed by atoms with Crippen LogP contribution in [0, 0.1) is 0 Å². The van der Waals surface area contributed by atoms with Gasteiger partial charge in [0.2, 0.25) is 0 Å². The molecule has 208 valence electrons. The van der Waals surface area contributed by atoms with Gasteiger partial charge in [0, 0.05) is 49.0 Å². The van der Waals surface area contributed by atoms with Crippen molar-refractivity contribution in [1.82, 2.24) is 29.7 Å². The molecule has 4 aromatic heterocycles. The largest absolute Gasteiger partial charge is 0.444 e. The van der Waals surface area contributed by atoms with Gasteiger partial charge in [-0.2, -0.15) is 0 Å². The molecule has 4 aromatic rings. The summed E-state index contributed by atoms with van der Waals surface area (Å²) in [5.41, 5.74) is 5.88. The van der Waals surface area contributed by atoms with E-state index in [2.05, 4.69) is 15.6 Å². The Morgan fingerprint density at radius 2 is 1.93 bits per heavy atom. The molecule has 0 spiro atoms. The lowest BCUT2D eigenvalue weighted by Crippen LogP contribution is -2.40. The molecule has 0 saturated carbocycles. The summed E-state index contributed by atoms with van der Waals surface area (Å²) in [6.07, 6.45) is 5.77. The Balaban J connectivity index is 0.00000158. The van der Waals surface area contributed by atoms with E-state index >= 15 is 0 Å². The van der Waals surface area contributed by atoms with Crippen LogP contribution in [0.1, 0.15) is 61.8 Å². The molecule has 0 fully saturated rings. The molecule has 6 rings (SSSR count). The predicted molar refractivity (Wildman–Crippen MR) is 154 cm³/mol. The van der Waals surface area contributed by atoms with Crippen LogP contribution >= 0.6 is 0 Å². The van der Waals surface area contributed by atoms with Gasteiger partial charge in [-0.3, -0.25) is 9.78 Å². The first-order valence-electron chi connectivity index (χ1n) is 13.6. The van der Waals surface area contributed by atoms with Crippen LogP contribution in [0.25, 0.3) is 22.3 Å². The number of fused-ring (bicyclic) bond motifs is 3. The third kappa shape index (κ3) is 5.09. The summed E-state index contributed by atoms with van der Waals surface area (Å²) in [5, 5.41) is 7.23. The highest BCUT2D eigenvalue weighted by Crippen LogP contribution is 2.36. The zero-order valence-electron chi connectivity index (χ0n) is 23.8. The van der Waals surface area contributed by atoms with Crippen molar-refractivity contribution < 1.29 is 14.3 Å². The smallest absolute Gasteiger partial charge is 0.410 e. The molecule has 0 bridgehead atoms. The number of rotatable bonds is 3. The van der Waals surface area contributed by atoms with Gasteiger partial charge in [0.05, 0.1) is 35.4 Å². The van der Waals surface area contributed by atoms with Gasteiger partial charge in [0.25, 0.3) is 5.91 Å². The predicted octanol–water partition coefficient (Wildman–Crippen LogP) is 5.34. The van der Waals surface area contributed by atoms with Gasteiger partial charge in [0.15, 0.2) is 0 Å². The number of aromatic nitrogens is 4. The highest BCUT2D eigenvalue weighted by molar-refractivity contribution is 6.06. The molecule has 0 saturated heterocycles. The molecule has 6 heterocycles. The molecule has 40 heavy (non-hydrogen) atoms. The fourth-order valence-corrected chi connectivity index (χ4v) is 5.04. The third-order valence-electron chi connectivity index (χ3n) is 6.83. The first-order valence-corrected chi connectivity index (χ1v) is 13.6. The minimum absolute atomic E-state index is 0.154. The van der Waals surface area contributed by atoms with Crippen LogP contribution in [0.15, 0.2) is 42.9 Å². The summed E-state index contributed by atoms with van der Waals surface area (Å²) in [6.45, 7) is 10.9. The maximum Gasteiger partial charge on any atom is 0.410 e. The Morgan fingerprint density at radius 3 is 2.70 bits per heavy atom. The fourth-order valence-electron chi connectivity index (χ4n) is 5.04. The SMILES string of the molecule is CC.Cn1ccc2c(-c3ncc(Nc4ccc5c(n4)CN(C(=O)OC(C)(C)C)CC5)c4c3CNC4=O)ccnc21. The van der Waals surface area contributed by atoms with E-state index in [1.807, 2.05) is 76.7 Å². The van der Waals surface area contributed by atoms with Crippen molar-refractivity contribution in [2.75, 3.05) is 11.9 Å². The second-order valence-electron chi connectivity index (χ2n) is 10.7. The molecule has 0 aliphatic carbocycles. The highest BCUT2D eigenvalue weighted by atomic mass is 16.6. The fraction of sp³-hybridized carbons (Fsp3) is 0.367. The number of ether oxygens (including phenoxy) is 1. The van der Waals surface area contributed by atoms with Gasteiger partial charge >= 0.3 is 6.09 Å². The molecule has 2 N–H and O–H groups in total. The number of carbonyl (C=O) groups is 2. The molecular weight excluding hydrogens is 506 g/mol. The molecule has 0 unspecified atom stereocenters. The number of aryl methyl sites for hydroxylation is 1. The molecule has 0 atom stereocenters. The van der Waals surface area contributed by atoms with Crippen molar-refractivity contribution in [2.24, 2.45) is 7.05 Å². The summed E-state index contributed by atoms with van der Waals surface area (Å²) < 4.78 is 7.50. The van der Waals surface area contributed by atoms with Gasteiger partial charge in [-0.25, -0.2) is 14.8 Å². The molecule has 10 heteroatoms. The van der Waals surface area contributed by atoms with Gasteiger partial charge in [-0.05, 0) is 51.0 Å². The lowest BCUT2D eigenvalue weighted by atomic mass is 10.0. The second kappa shape index (κ2) is 10.6. The van der Waals surface area contributed by atoms with Crippen molar-refractivity contribution in [2.45, 2.75) is 59.7 Å². The molecule has 2 aliphatic rings. The summed E-state index contributed by atoms with van der Waals surface area (Å²) in [5.74, 6) is 0.430.